The van der Waals surface area contributed by atoms with Gasteiger partial charge in [0.25, 0.3) is 5.91 Å². The van der Waals surface area contributed by atoms with Crippen LogP contribution < -0.4 is 0 Å². The number of hydrogen-bond donors (Lipinski definition) is 1. The number of aromatic nitrogens is 1. The summed E-state index contributed by atoms with van der Waals surface area (Å²) in [5.41, 5.74) is 1.05. The zero-order valence-electron chi connectivity index (χ0n) is 13.2. The maximum atomic E-state index is 13.0. The van der Waals surface area contributed by atoms with E-state index in [0.29, 0.717) is 29.4 Å². The maximum absolute atomic E-state index is 13.0. The van der Waals surface area contributed by atoms with Gasteiger partial charge in [0.15, 0.2) is 0 Å². The Balaban J connectivity index is 1.64. The van der Waals surface area contributed by atoms with E-state index in [2.05, 4.69) is 4.98 Å². The van der Waals surface area contributed by atoms with Crippen LogP contribution in [-0.4, -0.2) is 52.8 Å². The number of para-hydroxylation sites is 1. The molecule has 24 heavy (non-hydrogen) atoms. The minimum Gasteiger partial charge on any atom is -0.396 e. The highest BCUT2D eigenvalue weighted by molar-refractivity contribution is 6.35. The lowest BCUT2D eigenvalue weighted by Gasteiger charge is -2.37. The third kappa shape index (κ3) is 2.66. The van der Waals surface area contributed by atoms with Crippen molar-refractivity contribution in [1.29, 1.82) is 0 Å². The first-order valence-electron chi connectivity index (χ1n) is 8.26. The lowest BCUT2D eigenvalue weighted by Crippen LogP contribution is -2.51. The molecule has 1 saturated carbocycles. The third-order valence-electron chi connectivity index (χ3n) is 5.04. The molecule has 1 aliphatic heterocycles. The van der Waals surface area contributed by atoms with Crippen LogP contribution in [0.4, 0.5) is 0 Å². The number of ether oxygens (including phenoxy) is 1. The van der Waals surface area contributed by atoms with Gasteiger partial charge in [-0.05, 0) is 30.9 Å². The SMILES string of the molecule is O=C(c1ccc2cccc(Cl)c2n1)N1CCOC2C[C@H](CO)C[C@@H]21. The minimum atomic E-state index is -0.0892. The van der Waals surface area contributed by atoms with E-state index in [1.807, 2.05) is 23.1 Å². The highest BCUT2D eigenvalue weighted by Gasteiger charge is 2.43. The fraction of sp³-hybridized carbons (Fsp3) is 0.444. The molecule has 2 aliphatic rings. The van der Waals surface area contributed by atoms with Gasteiger partial charge in [0, 0.05) is 18.5 Å². The molecule has 0 radical (unpaired) electrons. The molecular formula is C18H19ClN2O3. The van der Waals surface area contributed by atoms with Gasteiger partial charge in [-0.1, -0.05) is 29.8 Å². The monoisotopic (exact) mass is 346 g/mol. The number of halogens is 1. The summed E-state index contributed by atoms with van der Waals surface area (Å²) in [6.07, 6.45) is 1.60. The summed E-state index contributed by atoms with van der Waals surface area (Å²) in [4.78, 5) is 19.3. The molecule has 126 valence electrons. The van der Waals surface area contributed by atoms with E-state index in [9.17, 15) is 9.90 Å². The second kappa shape index (κ2) is 6.31. The van der Waals surface area contributed by atoms with E-state index in [4.69, 9.17) is 16.3 Å². The predicted molar refractivity (Wildman–Crippen MR) is 91.1 cm³/mol. The van der Waals surface area contributed by atoms with Gasteiger partial charge in [0.05, 0.1) is 29.3 Å². The Morgan fingerprint density at radius 1 is 1.33 bits per heavy atom. The largest absolute Gasteiger partial charge is 0.396 e. The molecule has 3 atom stereocenters. The summed E-state index contributed by atoms with van der Waals surface area (Å²) >= 11 is 6.21. The van der Waals surface area contributed by atoms with Gasteiger partial charge < -0.3 is 14.7 Å². The second-order valence-electron chi connectivity index (χ2n) is 6.50. The van der Waals surface area contributed by atoms with E-state index >= 15 is 0 Å². The van der Waals surface area contributed by atoms with Crippen LogP contribution in [0.3, 0.4) is 0 Å². The molecule has 0 bridgehead atoms. The number of carbonyl (C=O) groups excluding carboxylic acids is 1. The van der Waals surface area contributed by atoms with E-state index in [1.165, 1.54) is 0 Å². The predicted octanol–water partition coefficient (Wildman–Crippen LogP) is 2.50. The number of benzene rings is 1. The van der Waals surface area contributed by atoms with Crippen LogP contribution in [0.2, 0.25) is 5.02 Å². The minimum absolute atomic E-state index is 0.0175. The molecule has 4 rings (SSSR count). The number of pyridine rings is 1. The summed E-state index contributed by atoms with van der Waals surface area (Å²) in [5, 5.41) is 10.9. The number of hydrogen-bond acceptors (Lipinski definition) is 4. The second-order valence-corrected chi connectivity index (χ2v) is 6.91. The van der Waals surface area contributed by atoms with Crippen molar-refractivity contribution in [3.63, 3.8) is 0 Å². The fourth-order valence-corrected chi connectivity index (χ4v) is 4.05. The van der Waals surface area contributed by atoms with Crippen molar-refractivity contribution in [3.05, 3.63) is 41.0 Å². The number of nitrogens with zero attached hydrogens (tertiary/aromatic N) is 2. The van der Waals surface area contributed by atoms with Crippen molar-refractivity contribution in [3.8, 4) is 0 Å². The highest BCUT2D eigenvalue weighted by Crippen LogP contribution is 2.34. The first kappa shape index (κ1) is 15.8. The summed E-state index contributed by atoms with van der Waals surface area (Å²) in [6.45, 7) is 1.22. The average molecular weight is 347 g/mol. The molecule has 6 heteroatoms. The number of aliphatic hydroxyl groups is 1. The van der Waals surface area contributed by atoms with Crippen molar-refractivity contribution in [1.82, 2.24) is 9.88 Å². The molecule has 1 amide bonds. The first-order valence-corrected chi connectivity index (χ1v) is 8.64. The van der Waals surface area contributed by atoms with Crippen LogP contribution in [-0.2, 0) is 4.74 Å². The van der Waals surface area contributed by atoms with Crippen LogP contribution in [0, 0.1) is 5.92 Å². The molecule has 1 aromatic carbocycles. The molecule has 2 aromatic rings. The quantitative estimate of drug-likeness (QED) is 0.907. The fourth-order valence-electron chi connectivity index (χ4n) is 3.83. The van der Waals surface area contributed by atoms with Crippen LogP contribution in [0.15, 0.2) is 30.3 Å². The van der Waals surface area contributed by atoms with Gasteiger partial charge in [-0.3, -0.25) is 4.79 Å². The van der Waals surface area contributed by atoms with Crippen LogP contribution in [0.1, 0.15) is 23.3 Å². The normalized spacial score (nSPS) is 26.6. The zero-order chi connectivity index (χ0) is 16.7. The summed E-state index contributed by atoms with van der Waals surface area (Å²) in [6, 6.07) is 9.23. The molecule has 1 saturated heterocycles. The number of carbonyl (C=O) groups is 1. The van der Waals surface area contributed by atoms with E-state index < -0.39 is 0 Å². The highest BCUT2D eigenvalue weighted by atomic mass is 35.5. The van der Waals surface area contributed by atoms with E-state index in [-0.39, 0.29) is 30.6 Å². The lowest BCUT2D eigenvalue weighted by molar-refractivity contribution is -0.0450. The first-order chi connectivity index (χ1) is 11.7. The van der Waals surface area contributed by atoms with Crippen molar-refractivity contribution < 1.29 is 14.6 Å². The topological polar surface area (TPSA) is 62.7 Å². The Labute approximate surface area is 145 Å². The Kier molecular flexibility index (Phi) is 4.16. The van der Waals surface area contributed by atoms with Gasteiger partial charge in [0.2, 0.25) is 0 Å². The smallest absolute Gasteiger partial charge is 0.272 e. The van der Waals surface area contributed by atoms with Gasteiger partial charge in [-0.15, -0.1) is 0 Å². The standard InChI is InChI=1S/C18H19ClN2O3/c19-13-3-1-2-12-4-5-14(20-17(12)13)18(23)21-6-7-24-16-9-11(10-22)8-15(16)21/h1-5,11,15-16,22H,6-10H2/t11-,15+,16?/m1/s1. The van der Waals surface area contributed by atoms with Gasteiger partial charge in [-0.25, -0.2) is 4.98 Å². The van der Waals surface area contributed by atoms with Gasteiger partial charge in [-0.2, -0.15) is 0 Å². The summed E-state index contributed by atoms with van der Waals surface area (Å²) in [7, 11) is 0. The molecular weight excluding hydrogens is 328 g/mol. The molecule has 2 fully saturated rings. The van der Waals surface area contributed by atoms with Crippen molar-refractivity contribution in [2.45, 2.75) is 25.0 Å². The maximum Gasteiger partial charge on any atom is 0.272 e. The average Bonchev–Trinajstić information content (AvgIpc) is 3.04. The van der Waals surface area contributed by atoms with Crippen LogP contribution >= 0.6 is 11.6 Å². The van der Waals surface area contributed by atoms with E-state index in [0.717, 1.165) is 18.2 Å². The van der Waals surface area contributed by atoms with Crippen LogP contribution in [0.25, 0.3) is 10.9 Å². The number of amides is 1. The number of fused-ring (bicyclic) bond motifs is 2. The molecule has 1 aromatic heterocycles. The third-order valence-corrected chi connectivity index (χ3v) is 5.35. The number of rotatable bonds is 2. The molecule has 2 heterocycles. The lowest BCUT2D eigenvalue weighted by atomic mass is 10.1. The molecule has 0 spiro atoms. The Bertz CT molecular complexity index is 782. The van der Waals surface area contributed by atoms with Crippen molar-refractivity contribution in [2.75, 3.05) is 19.8 Å². The molecule has 1 N–H and O–H groups in total. The van der Waals surface area contributed by atoms with Gasteiger partial charge in [0.1, 0.15) is 5.69 Å². The van der Waals surface area contributed by atoms with Crippen molar-refractivity contribution >= 4 is 28.4 Å². The van der Waals surface area contributed by atoms with Crippen molar-refractivity contribution in [2.24, 2.45) is 5.92 Å². The number of morpholine rings is 1. The Hall–Kier alpha value is -1.69. The van der Waals surface area contributed by atoms with Gasteiger partial charge >= 0.3 is 0 Å². The molecule has 1 aliphatic carbocycles. The zero-order valence-corrected chi connectivity index (χ0v) is 13.9. The Morgan fingerprint density at radius 3 is 3.04 bits per heavy atom. The summed E-state index contributed by atoms with van der Waals surface area (Å²) in [5.74, 6) is 0.112. The summed E-state index contributed by atoms with van der Waals surface area (Å²) < 4.78 is 5.79. The van der Waals surface area contributed by atoms with Crippen LogP contribution in [0.5, 0.6) is 0 Å². The molecule has 1 unspecified atom stereocenters. The Morgan fingerprint density at radius 2 is 2.21 bits per heavy atom. The molecule has 5 nitrogen and oxygen atoms in total. The van der Waals surface area contributed by atoms with E-state index in [1.54, 1.807) is 12.1 Å². The number of aliphatic hydroxyl groups excluding tert-OH is 1.